The summed E-state index contributed by atoms with van der Waals surface area (Å²) in [6.45, 7) is 19.2. The second-order valence-corrected chi connectivity index (χ2v) is 23.3. The van der Waals surface area contributed by atoms with Gasteiger partial charge in [-0.25, -0.2) is 16.8 Å². The maximum Gasteiger partial charge on any atom is 0.480 e. The second kappa shape index (κ2) is 28.6. The van der Waals surface area contributed by atoms with Crippen LogP contribution in [-0.4, -0.2) is 96.9 Å². The van der Waals surface area contributed by atoms with Crippen LogP contribution in [-0.2, 0) is 54.8 Å². The fourth-order valence-corrected chi connectivity index (χ4v) is 8.56. The topological polar surface area (TPSA) is 197 Å². The van der Waals surface area contributed by atoms with Crippen LogP contribution in [0.5, 0.6) is 11.5 Å². The normalized spacial score (nSPS) is 12.0. The summed E-state index contributed by atoms with van der Waals surface area (Å²) in [5.74, 6) is 0.684. The van der Waals surface area contributed by atoms with Crippen molar-refractivity contribution < 1.29 is 63.7 Å². The number of hydrogen-bond donors (Lipinski definition) is 2. The number of sulfonamides is 2. The third kappa shape index (κ3) is 23.2. The molecule has 0 aliphatic heterocycles. The molecule has 4 aromatic rings. The molecule has 1 amide bonds. The number of esters is 2. The van der Waals surface area contributed by atoms with Gasteiger partial charge in [0.2, 0.25) is 5.91 Å². The highest BCUT2D eigenvalue weighted by Gasteiger charge is 2.40. The Morgan fingerprint density at radius 3 is 1.41 bits per heavy atom. The van der Waals surface area contributed by atoms with E-state index in [-0.39, 0.29) is 58.2 Å². The average molecular weight is 1040 g/mol. The standard InChI is InChI=1S/C26H29O3S.C12H17NO2.C10H21NO2.C2H3F3NO4S2/c1-4-26(2,3)25(27)29-20-19-28-21-15-17-24(18-16-21)30(22-11-7-5-8-12-22)23-13-9-6-10-14-23;1-4-12(2,3)11(15)13-9-5-7-10(14)8-6-9;1-6-10(2,3)9(12)13-8-7-11(4)5;1-11(7,8)6-12(9,10)2(3,4)5/h5-18H,4,19-20H2,1-3H3;5-8,14H,4H2,1-3H3,(H,13,15);6-8H2,1-5H3;1H3/q+1;;;-1. The number of carbonyl (C=O) groups excluding carboxylic acids is 3. The summed E-state index contributed by atoms with van der Waals surface area (Å²) in [4.78, 5) is 41.0. The molecular weight excluding hydrogens is 972 g/mol. The first-order valence-electron chi connectivity index (χ1n) is 22.2. The van der Waals surface area contributed by atoms with E-state index in [9.17, 15) is 44.4 Å². The molecule has 0 atom stereocenters. The maximum absolute atomic E-state index is 12.0. The van der Waals surface area contributed by atoms with Gasteiger partial charge < -0.3 is 33.7 Å². The van der Waals surface area contributed by atoms with Gasteiger partial charge in [0.05, 0.1) is 31.7 Å². The Hall–Kier alpha value is -5.15. The number of benzene rings is 4. The number of phenolic OH excluding ortho intramolecular Hbond substituents is 1. The number of hydrogen-bond acceptors (Lipinski definition) is 12. The molecule has 0 aliphatic carbocycles. The van der Waals surface area contributed by atoms with Gasteiger partial charge in [-0.05, 0) is 134 Å². The molecule has 0 bridgehead atoms. The fraction of sp³-hybridized carbons (Fsp3) is 0.460. The number of anilines is 1. The Bertz CT molecular complexity index is 2380. The van der Waals surface area contributed by atoms with E-state index in [0.29, 0.717) is 18.9 Å². The number of ether oxygens (including phenoxy) is 3. The highest BCUT2D eigenvalue weighted by molar-refractivity contribution is 8.12. The van der Waals surface area contributed by atoms with Crippen LogP contribution in [0.25, 0.3) is 4.13 Å². The molecule has 4 aromatic carbocycles. The van der Waals surface area contributed by atoms with Gasteiger partial charge in [-0.3, -0.25) is 14.4 Å². The average Bonchev–Trinajstić information content (AvgIpc) is 3.29. The highest BCUT2D eigenvalue weighted by Crippen LogP contribution is 2.33. The van der Waals surface area contributed by atoms with Crippen LogP contribution in [0, 0.1) is 16.2 Å². The number of rotatable bonds is 19. The summed E-state index contributed by atoms with van der Waals surface area (Å²) < 4.78 is 92.2. The van der Waals surface area contributed by atoms with Crippen molar-refractivity contribution in [1.82, 2.24) is 4.90 Å². The van der Waals surface area contributed by atoms with Crippen LogP contribution in [0.15, 0.2) is 124 Å². The summed E-state index contributed by atoms with van der Waals surface area (Å²) in [6, 6.07) is 35.8. The SMILES string of the molecule is CCC(C)(C)C(=O)Nc1ccc(O)cc1.CCC(C)(C)C(=O)OCCN(C)C.CCC(C)(C)C(=O)OCCOc1ccc([S+](c2ccccc2)c2ccccc2)cc1.CS(=O)(=O)[N-]S(=O)(=O)C(F)(F)F. The lowest BCUT2D eigenvalue weighted by atomic mass is 9.89. The number of nitrogens with one attached hydrogen (secondary N) is 1. The predicted molar refractivity (Wildman–Crippen MR) is 270 cm³/mol. The number of alkyl halides is 3. The zero-order valence-electron chi connectivity index (χ0n) is 42.1. The molecule has 20 heteroatoms. The van der Waals surface area contributed by atoms with Crippen LogP contribution < -0.4 is 10.1 Å². The van der Waals surface area contributed by atoms with E-state index in [1.165, 1.54) is 14.7 Å². The summed E-state index contributed by atoms with van der Waals surface area (Å²) in [5, 5.41) is 11.9. The van der Waals surface area contributed by atoms with E-state index in [0.717, 1.165) is 31.6 Å². The largest absolute Gasteiger partial charge is 0.508 e. The minimum absolute atomic E-state index is 0.00399. The van der Waals surface area contributed by atoms with E-state index < -0.39 is 31.0 Å². The van der Waals surface area contributed by atoms with Crippen molar-refractivity contribution in [1.29, 1.82) is 0 Å². The monoisotopic (exact) mass is 1040 g/mol. The fourth-order valence-electron chi connectivity index (χ4n) is 4.71. The quantitative estimate of drug-likeness (QED) is 0.0391. The number of amides is 1. The minimum Gasteiger partial charge on any atom is -0.508 e. The third-order valence-corrected chi connectivity index (χ3v) is 15.1. The van der Waals surface area contributed by atoms with Gasteiger partial charge in [-0.1, -0.05) is 71.0 Å². The zero-order chi connectivity index (χ0) is 53.6. The van der Waals surface area contributed by atoms with E-state index in [1.807, 2.05) is 106 Å². The van der Waals surface area contributed by atoms with Crippen molar-refractivity contribution in [2.24, 2.45) is 16.2 Å². The molecule has 0 heterocycles. The molecule has 0 radical (unpaired) electrons. The van der Waals surface area contributed by atoms with Gasteiger partial charge in [0.25, 0.3) is 0 Å². The molecule has 0 aliphatic rings. The molecule has 0 spiro atoms. The maximum atomic E-state index is 12.0. The molecule has 70 heavy (non-hydrogen) atoms. The van der Waals surface area contributed by atoms with E-state index in [4.69, 9.17) is 19.3 Å². The van der Waals surface area contributed by atoms with Gasteiger partial charge in [0.15, 0.2) is 24.7 Å². The molecule has 0 saturated carbocycles. The van der Waals surface area contributed by atoms with E-state index >= 15 is 0 Å². The molecule has 14 nitrogen and oxygen atoms in total. The number of likely N-dealkylation sites (N-methyl/N-ethyl adjacent to an activating group) is 1. The first kappa shape index (κ1) is 62.9. The third-order valence-electron chi connectivity index (χ3n) is 10.4. The van der Waals surface area contributed by atoms with Crippen molar-refractivity contribution in [3.05, 3.63) is 113 Å². The number of phenols is 1. The van der Waals surface area contributed by atoms with Crippen LogP contribution in [0.1, 0.15) is 81.6 Å². The van der Waals surface area contributed by atoms with Gasteiger partial charge >= 0.3 is 17.4 Å². The zero-order valence-corrected chi connectivity index (χ0v) is 44.6. The van der Waals surface area contributed by atoms with Crippen molar-refractivity contribution in [2.45, 2.75) is 102 Å². The van der Waals surface area contributed by atoms with E-state index in [1.54, 1.807) is 28.4 Å². The lowest BCUT2D eigenvalue weighted by Gasteiger charge is -2.21. The minimum atomic E-state index is -5.92. The molecule has 0 unspecified atom stereocenters. The van der Waals surface area contributed by atoms with Crippen molar-refractivity contribution in [3.63, 3.8) is 0 Å². The summed E-state index contributed by atoms with van der Waals surface area (Å²) in [5.41, 5.74) is -6.12. The molecule has 0 saturated heterocycles. The molecule has 390 valence electrons. The summed E-state index contributed by atoms with van der Waals surface area (Å²) in [6.07, 6.45) is 2.60. The lowest BCUT2D eigenvalue weighted by molar-refractivity contribution is -0.155. The lowest BCUT2D eigenvalue weighted by Crippen LogP contribution is -2.29. The molecular formula is C50H70F3N3O11S3. The van der Waals surface area contributed by atoms with Gasteiger partial charge in [0, 0.05) is 23.9 Å². The Balaban J connectivity index is 0.000000516. The Morgan fingerprint density at radius 1 is 0.629 bits per heavy atom. The van der Waals surface area contributed by atoms with E-state index in [2.05, 4.69) is 66.0 Å². The second-order valence-electron chi connectivity index (χ2n) is 17.8. The Kier molecular flexibility index (Phi) is 25.7. The van der Waals surface area contributed by atoms with Crippen LogP contribution >= 0.6 is 0 Å². The van der Waals surface area contributed by atoms with Gasteiger partial charge in [-0.15, -0.1) is 0 Å². The smallest absolute Gasteiger partial charge is 0.480 e. The van der Waals surface area contributed by atoms with Crippen molar-refractivity contribution >= 4 is 54.5 Å². The Labute approximate surface area is 416 Å². The first-order chi connectivity index (χ1) is 32.3. The summed E-state index contributed by atoms with van der Waals surface area (Å²) in [7, 11) is -6.72. The van der Waals surface area contributed by atoms with Crippen LogP contribution in [0.3, 0.4) is 0 Å². The number of carbonyl (C=O) groups is 3. The Morgan fingerprint density at radius 2 is 1.04 bits per heavy atom. The predicted octanol–water partition coefficient (Wildman–Crippen LogP) is 10.6. The number of halogens is 3. The summed E-state index contributed by atoms with van der Waals surface area (Å²) >= 11 is 0. The van der Waals surface area contributed by atoms with Gasteiger partial charge in [-0.2, -0.15) is 13.2 Å². The van der Waals surface area contributed by atoms with Crippen LogP contribution in [0.4, 0.5) is 18.9 Å². The first-order valence-corrected chi connectivity index (χ1v) is 26.8. The highest BCUT2D eigenvalue weighted by atomic mass is 32.3. The van der Waals surface area contributed by atoms with Gasteiger partial charge in [0.1, 0.15) is 31.3 Å². The molecule has 0 aromatic heterocycles. The van der Waals surface area contributed by atoms with Crippen LogP contribution in [0.2, 0.25) is 0 Å². The molecule has 2 N–H and O–H groups in total. The molecule has 4 rings (SSSR count). The van der Waals surface area contributed by atoms with Crippen molar-refractivity contribution in [2.75, 3.05) is 52.0 Å². The number of nitrogens with zero attached hydrogens (tertiary/aromatic N) is 2. The molecule has 0 fully saturated rings. The van der Waals surface area contributed by atoms with Crippen molar-refractivity contribution in [3.8, 4) is 11.5 Å². The number of aromatic hydroxyl groups is 1.